The van der Waals surface area contributed by atoms with Crippen molar-refractivity contribution in [2.45, 2.75) is 0 Å². The predicted octanol–water partition coefficient (Wildman–Crippen LogP) is 0.886. The van der Waals surface area contributed by atoms with Crippen LogP contribution >= 0.6 is 15.9 Å². The number of anilines is 2. The number of nitrogen functional groups attached to an aromatic ring is 1. The Kier molecular flexibility index (Phi) is 3.34. The quantitative estimate of drug-likeness (QED) is 0.847. The lowest BCUT2D eigenvalue weighted by molar-refractivity contribution is 0.505. The van der Waals surface area contributed by atoms with Crippen molar-refractivity contribution in [3.63, 3.8) is 0 Å². The Hall–Kier alpha value is -1.67. The Balaban J connectivity index is 1.85. The maximum atomic E-state index is 5.68. The minimum atomic E-state index is 0.436. The van der Waals surface area contributed by atoms with Crippen LogP contribution in [0.15, 0.2) is 21.2 Å². The summed E-state index contributed by atoms with van der Waals surface area (Å²) < 4.78 is 6.39. The summed E-state index contributed by atoms with van der Waals surface area (Å²) in [7, 11) is 0. The van der Waals surface area contributed by atoms with E-state index in [-0.39, 0.29) is 0 Å². The topological polar surface area (TPSA) is 93.1 Å². The van der Waals surface area contributed by atoms with Gasteiger partial charge in [0.1, 0.15) is 5.82 Å². The number of rotatable bonds is 2. The van der Waals surface area contributed by atoms with E-state index in [0.717, 1.165) is 31.7 Å². The second kappa shape index (κ2) is 5.14. The minimum absolute atomic E-state index is 0.436. The molecule has 2 aromatic rings. The first-order chi connectivity index (χ1) is 9.24. The number of nitrogens with two attached hydrogens (primary N) is 1. The fraction of sp³-hybridized carbons (Fsp3) is 0.364. The normalized spacial score (nSPS) is 15.7. The number of nitrogens with one attached hydrogen (secondary N) is 1. The van der Waals surface area contributed by atoms with E-state index in [2.05, 4.69) is 41.3 Å². The molecule has 0 amide bonds. The van der Waals surface area contributed by atoms with E-state index in [1.807, 2.05) is 6.07 Å². The standard InChI is InChI=1S/C11H13BrN6O/c12-8-5-7(6-15-9(8)13)10-16-17-11(19-10)18-3-1-14-2-4-18/h5-6,14H,1-4H2,(H2,13,15). The third kappa shape index (κ3) is 2.54. The van der Waals surface area contributed by atoms with Crippen LogP contribution in [0.25, 0.3) is 11.5 Å². The number of halogens is 1. The molecule has 1 saturated heterocycles. The van der Waals surface area contributed by atoms with Crippen molar-refractivity contribution in [2.24, 2.45) is 0 Å². The molecule has 0 atom stereocenters. The molecule has 100 valence electrons. The summed E-state index contributed by atoms with van der Waals surface area (Å²) in [6, 6.07) is 2.36. The van der Waals surface area contributed by atoms with Crippen molar-refractivity contribution in [1.82, 2.24) is 20.5 Å². The third-order valence-corrected chi connectivity index (χ3v) is 3.55. The first kappa shape index (κ1) is 12.4. The molecule has 0 spiro atoms. The fourth-order valence-electron chi connectivity index (χ4n) is 1.88. The van der Waals surface area contributed by atoms with Crippen LogP contribution in [0.1, 0.15) is 0 Å². The van der Waals surface area contributed by atoms with Gasteiger partial charge >= 0.3 is 6.01 Å². The van der Waals surface area contributed by atoms with Gasteiger partial charge < -0.3 is 20.4 Å². The van der Waals surface area contributed by atoms with Crippen molar-refractivity contribution >= 4 is 27.8 Å². The highest BCUT2D eigenvalue weighted by molar-refractivity contribution is 9.10. The Morgan fingerprint density at radius 1 is 1.32 bits per heavy atom. The van der Waals surface area contributed by atoms with Crippen LogP contribution in [-0.4, -0.2) is 41.4 Å². The summed E-state index contributed by atoms with van der Waals surface area (Å²) in [5, 5.41) is 11.4. The van der Waals surface area contributed by atoms with E-state index in [1.54, 1.807) is 6.20 Å². The van der Waals surface area contributed by atoms with Gasteiger partial charge in [-0.1, -0.05) is 5.10 Å². The molecule has 2 aromatic heterocycles. The number of nitrogens with zero attached hydrogens (tertiary/aromatic N) is 4. The number of piperazine rings is 1. The van der Waals surface area contributed by atoms with E-state index in [1.165, 1.54) is 0 Å². The molecule has 1 fully saturated rings. The maximum absolute atomic E-state index is 5.68. The summed E-state index contributed by atoms with van der Waals surface area (Å²) in [4.78, 5) is 6.12. The molecular weight excluding hydrogens is 312 g/mol. The number of hydrogen-bond acceptors (Lipinski definition) is 7. The molecule has 3 rings (SSSR count). The monoisotopic (exact) mass is 324 g/mol. The Bertz CT molecular complexity index is 580. The van der Waals surface area contributed by atoms with E-state index in [4.69, 9.17) is 10.2 Å². The second-order valence-electron chi connectivity index (χ2n) is 4.22. The van der Waals surface area contributed by atoms with Gasteiger partial charge in [0.05, 0.1) is 10.0 Å². The first-order valence-corrected chi connectivity index (χ1v) is 6.74. The van der Waals surface area contributed by atoms with E-state index in [0.29, 0.717) is 22.2 Å². The van der Waals surface area contributed by atoms with Crippen LogP contribution < -0.4 is 16.0 Å². The minimum Gasteiger partial charge on any atom is -0.403 e. The molecule has 7 nitrogen and oxygen atoms in total. The fourth-order valence-corrected chi connectivity index (χ4v) is 2.23. The molecule has 0 aromatic carbocycles. The van der Waals surface area contributed by atoms with Gasteiger partial charge in [-0.05, 0) is 22.0 Å². The van der Waals surface area contributed by atoms with Crippen LogP contribution in [0.2, 0.25) is 0 Å². The Labute approximate surface area is 118 Å². The van der Waals surface area contributed by atoms with Gasteiger partial charge in [0, 0.05) is 32.4 Å². The molecule has 0 saturated carbocycles. The van der Waals surface area contributed by atoms with Crippen LogP contribution in [-0.2, 0) is 0 Å². The Morgan fingerprint density at radius 3 is 2.84 bits per heavy atom. The van der Waals surface area contributed by atoms with Gasteiger partial charge in [0.25, 0.3) is 5.89 Å². The van der Waals surface area contributed by atoms with Gasteiger partial charge in [-0.2, -0.15) is 0 Å². The summed E-state index contributed by atoms with van der Waals surface area (Å²) in [5.74, 6) is 0.882. The average Bonchev–Trinajstić information content (AvgIpc) is 2.93. The number of aromatic nitrogens is 3. The van der Waals surface area contributed by atoms with Crippen LogP contribution in [0, 0.1) is 0 Å². The third-order valence-electron chi connectivity index (χ3n) is 2.92. The summed E-state index contributed by atoms with van der Waals surface area (Å²) in [6.07, 6.45) is 1.62. The van der Waals surface area contributed by atoms with Gasteiger partial charge in [-0.15, -0.1) is 5.10 Å². The highest BCUT2D eigenvalue weighted by Crippen LogP contribution is 2.26. The van der Waals surface area contributed by atoms with Gasteiger partial charge in [-0.3, -0.25) is 0 Å². The van der Waals surface area contributed by atoms with Crippen molar-refractivity contribution in [1.29, 1.82) is 0 Å². The van der Waals surface area contributed by atoms with Crippen molar-refractivity contribution < 1.29 is 4.42 Å². The second-order valence-corrected chi connectivity index (χ2v) is 5.07. The molecule has 3 N–H and O–H groups in total. The molecular formula is C11H13BrN6O. The molecule has 3 heterocycles. The molecule has 0 radical (unpaired) electrons. The van der Waals surface area contributed by atoms with Gasteiger partial charge in [-0.25, -0.2) is 4.98 Å². The van der Waals surface area contributed by atoms with Crippen molar-refractivity contribution in [2.75, 3.05) is 36.8 Å². The van der Waals surface area contributed by atoms with Gasteiger partial charge in [0.15, 0.2) is 0 Å². The maximum Gasteiger partial charge on any atom is 0.318 e. The van der Waals surface area contributed by atoms with E-state index in [9.17, 15) is 0 Å². The predicted molar refractivity (Wildman–Crippen MR) is 74.7 cm³/mol. The van der Waals surface area contributed by atoms with E-state index >= 15 is 0 Å². The molecule has 1 aliphatic heterocycles. The molecule has 19 heavy (non-hydrogen) atoms. The van der Waals surface area contributed by atoms with E-state index < -0.39 is 0 Å². The van der Waals surface area contributed by atoms with Crippen molar-refractivity contribution in [3.8, 4) is 11.5 Å². The Morgan fingerprint density at radius 2 is 2.11 bits per heavy atom. The van der Waals surface area contributed by atoms with Crippen LogP contribution in [0.4, 0.5) is 11.8 Å². The molecule has 0 bridgehead atoms. The highest BCUT2D eigenvalue weighted by Gasteiger charge is 2.17. The lowest BCUT2D eigenvalue weighted by Crippen LogP contribution is -2.43. The average molecular weight is 325 g/mol. The zero-order valence-electron chi connectivity index (χ0n) is 10.1. The molecule has 8 heteroatoms. The highest BCUT2D eigenvalue weighted by atomic mass is 79.9. The van der Waals surface area contributed by atoms with Crippen LogP contribution in [0.5, 0.6) is 0 Å². The lowest BCUT2D eigenvalue weighted by atomic mass is 10.3. The largest absolute Gasteiger partial charge is 0.403 e. The zero-order valence-corrected chi connectivity index (χ0v) is 11.7. The van der Waals surface area contributed by atoms with Crippen molar-refractivity contribution in [3.05, 3.63) is 16.7 Å². The molecule has 1 aliphatic rings. The smallest absolute Gasteiger partial charge is 0.318 e. The van der Waals surface area contributed by atoms with Crippen LogP contribution in [0.3, 0.4) is 0 Å². The SMILES string of the molecule is Nc1ncc(-c2nnc(N3CCNCC3)o2)cc1Br. The molecule has 0 unspecified atom stereocenters. The summed E-state index contributed by atoms with van der Waals surface area (Å²) >= 11 is 3.33. The van der Waals surface area contributed by atoms with Gasteiger partial charge in [0.2, 0.25) is 0 Å². The first-order valence-electron chi connectivity index (χ1n) is 5.94. The zero-order chi connectivity index (χ0) is 13.2. The summed E-state index contributed by atoms with van der Waals surface area (Å²) in [5.41, 5.74) is 6.39. The number of hydrogen-bond donors (Lipinski definition) is 2. The number of pyridine rings is 1. The molecule has 0 aliphatic carbocycles. The lowest BCUT2D eigenvalue weighted by Gasteiger charge is -2.24. The summed E-state index contributed by atoms with van der Waals surface area (Å²) in [6.45, 7) is 3.58.